The summed E-state index contributed by atoms with van der Waals surface area (Å²) >= 11 is 0. The van der Waals surface area contributed by atoms with Crippen LogP contribution in [0.3, 0.4) is 0 Å². The number of piperazine rings is 1. The summed E-state index contributed by atoms with van der Waals surface area (Å²) in [5.74, 6) is 0.805. The molecule has 0 aromatic carbocycles. The van der Waals surface area contributed by atoms with Crippen molar-refractivity contribution in [2.75, 3.05) is 13.1 Å². The van der Waals surface area contributed by atoms with Crippen LogP contribution in [-0.2, 0) is 0 Å². The molecule has 118 valence electrons. The van der Waals surface area contributed by atoms with Crippen molar-refractivity contribution in [2.24, 2.45) is 11.3 Å². The Morgan fingerprint density at radius 1 is 1.10 bits per heavy atom. The van der Waals surface area contributed by atoms with Gasteiger partial charge >= 0.3 is 0 Å². The maximum absolute atomic E-state index is 3.84. The Bertz CT molecular complexity index is 286. The average Bonchev–Trinajstić information content (AvgIpc) is 2.38. The Balaban J connectivity index is 2.05. The molecule has 0 spiro atoms. The van der Waals surface area contributed by atoms with Gasteiger partial charge in [-0.05, 0) is 30.6 Å². The molecule has 1 heterocycles. The molecule has 1 saturated heterocycles. The smallest absolute Gasteiger partial charge is 0.0244 e. The van der Waals surface area contributed by atoms with Crippen molar-refractivity contribution in [3.8, 4) is 0 Å². The van der Waals surface area contributed by atoms with Gasteiger partial charge in [-0.1, -0.05) is 53.9 Å². The summed E-state index contributed by atoms with van der Waals surface area (Å²) in [6.07, 6.45) is 8.57. The standard InChI is InChI=1S/C18H36N2/c1-14(2)11-16-12-19-17(18(3,4)5)13-20(16)15-9-7-6-8-10-15/h14-17,19H,6-13H2,1-5H3. The molecule has 0 amide bonds. The Morgan fingerprint density at radius 3 is 2.30 bits per heavy atom. The van der Waals surface area contributed by atoms with Gasteiger partial charge in [-0.3, -0.25) is 4.90 Å². The first-order valence-corrected chi connectivity index (χ1v) is 8.87. The Labute approximate surface area is 126 Å². The summed E-state index contributed by atoms with van der Waals surface area (Å²) in [6.45, 7) is 14.3. The lowest BCUT2D eigenvalue weighted by Gasteiger charge is -2.49. The van der Waals surface area contributed by atoms with Crippen molar-refractivity contribution in [3.63, 3.8) is 0 Å². The van der Waals surface area contributed by atoms with Gasteiger partial charge in [-0.25, -0.2) is 0 Å². The van der Waals surface area contributed by atoms with E-state index in [2.05, 4.69) is 44.8 Å². The second kappa shape index (κ2) is 6.79. The first-order valence-electron chi connectivity index (χ1n) is 8.87. The molecule has 0 aromatic rings. The summed E-state index contributed by atoms with van der Waals surface area (Å²) in [5.41, 5.74) is 0.371. The predicted molar refractivity (Wildman–Crippen MR) is 88.1 cm³/mol. The monoisotopic (exact) mass is 280 g/mol. The molecule has 0 aromatic heterocycles. The maximum atomic E-state index is 3.84. The Morgan fingerprint density at radius 2 is 1.75 bits per heavy atom. The van der Waals surface area contributed by atoms with Gasteiger partial charge in [0.2, 0.25) is 0 Å². The molecule has 2 nitrogen and oxygen atoms in total. The summed E-state index contributed by atoms with van der Waals surface area (Å²) in [5, 5.41) is 3.84. The van der Waals surface area contributed by atoms with Crippen LogP contribution < -0.4 is 5.32 Å². The number of hydrogen-bond donors (Lipinski definition) is 1. The van der Waals surface area contributed by atoms with E-state index in [-0.39, 0.29) is 0 Å². The topological polar surface area (TPSA) is 15.3 Å². The first kappa shape index (κ1) is 16.3. The molecule has 2 fully saturated rings. The summed E-state index contributed by atoms with van der Waals surface area (Å²) in [7, 11) is 0. The summed E-state index contributed by atoms with van der Waals surface area (Å²) in [6, 6.07) is 2.27. The number of rotatable bonds is 3. The third-order valence-electron chi connectivity index (χ3n) is 5.29. The molecule has 1 aliphatic heterocycles. The molecule has 2 rings (SSSR count). The maximum Gasteiger partial charge on any atom is 0.0244 e. The van der Waals surface area contributed by atoms with Crippen LogP contribution >= 0.6 is 0 Å². The Kier molecular flexibility index (Phi) is 5.53. The number of nitrogens with zero attached hydrogens (tertiary/aromatic N) is 1. The van der Waals surface area contributed by atoms with Gasteiger partial charge in [0, 0.05) is 31.2 Å². The minimum atomic E-state index is 0.371. The molecule has 2 heteroatoms. The van der Waals surface area contributed by atoms with E-state index in [1.54, 1.807) is 0 Å². The van der Waals surface area contributed by atoms with Crippen LogP contribution in [0.4, 0.5) is 0 Å². The van der Waals surface area contributed by atoms with Gasteiger partial charge in [-0.15, -0.1) is 0 Å². The van der Waals surface area contributed by atoms with Gasteiger partial charge in [0.15, 0.2) is 0 Å². The van der Waals surface area contributed by atoms with Crippen molar-refractivity contribution in [3.05, 3.63) is 0 Å². The SMILES string of the molecule is CC(C)CC1CNC(C(C)(C)C)CN1C1CCCCC1. The largest absolute Gasteiger partial charge is 0.311 e. The van der Waals surface area contributed by atoms with E-state index in [4.69, 9.17) is 0 Å². The van der Waals surface area contributed by atoms with Crippen molar-refractivity contribution >= 4 is 0 Å². The van der Waals surface area contributed by atoms with E-state index >= 15 is 0 Å². The molecule has 0 radical (unpaired) electrons. The van der Waals surface area contributed by atoms with Gasteiger partial charge in [0.05, 0.1) is 0 Å². The lowest BCUT2D eigenvalue weighted by Crippen LogP contribution is -2.63. The molecule has 0 bridgehead atoms. The van der Waals surface area contributed by atoms with Crippen molar-refractivity contribution in [1.29, 1.82) is 0 Å². The van der Waals surface area contributed by atoms with E-state index in [0.29, 0.717) is 11.5 Å². The number of hydrogen-bond acceptors (Lipinski definition) is 2. The number of nitrogens with one attached hydrogen (secondary N) is 1. The zero-order chi connectivity index (χ0) is 14.8. The zero-order valence-corrected chi connectivity index (χ0v) is 14.4. The molecule has 20 heavy (non-hydrogen) atoms. The molecule has 1 aliphatic carbocycles. The lowest BCUT2D eigenvalue weighted by molar-refractivity contribution is 0.0268. The summed E-state index contributed by atoms with van der Waals surface area (Å²) < 4.78 is 0. The molecule has 2 aliphatic rings. The third kappa shape index (κ3) is 4.21. The second-order valence-corrected chi connectivity index (χ2v) is 8.60. The van der Waals surface area contributed by atoms with Crippen LogP contribution in [0, 0.1) is 11.3 Å². The average molecular weight is 280 g/mol. The molecule has 1 saturated carbocycles. The van der Waals surface area contributed by atoms with E-state index in [1.165, 1.54) is 51.6 Å². The van der Waals surface area contributed by atoms with Crippen LogP contribution in [-0.4, -0.2) is 36.1 Å². The van der Waals surface area contributed by atoms with Crippen LogP contribution in [0.2, 0.25) is 0 Å². The van der Waals surface area contributed by atoms with Gasteiger partial charge < -0.3 is 5.32 Å². The predicted octanol–water partition coefficient (Wildman–Crippen LogP) is 4.05. The fourth-order valence-electron chi connectivity index (χ4n) is 4.02. The highest BCUT2D eigenvalue weighted by molar-refractivity contribution is 4.95. The van der Waals surface area contributed by atoms with Crippen LogP contribution in [0.5, 0.6) is 0 Å². The zero-order valence-electron chi connectivity index (χ0n) is 14.4. The third-order valence-corrected chi connectivity index (χ3v) is 5.29. The molecule has 2 unspecified atom stereocenters. The van der Waals surface area contributed by atoms with Gasteiger partial charge in [0.1, 0.15) is 0 Å². The molecular weight excluding hydrogens is 244 g/mol. The van der Waals surface area contributed by atoms with Gasteiger partial charge in [-0.2, -0.15) is 0 Å². The van der Waals surface area contributed by atoms with Gasteiger partial charge in [0.25, 0.3) is 0 Å². The van der Waals surface area contributed by atoms with Crippen LogP contribution in [0.25, 0.3) is 0 Å². The normalized spacial score (nSPS) is 30.9. The van der Waals surface area contributed by atoms with Crippen molar-refractivity contribution < 1.29 is 0 Å². The van der Waals surface area contributed by atoms with Crippen molar-refractivity contribution in [2.45, 2.75) is 91.3 Å². The highest BCUT2D eigenvalue weighted by Gasteiger charge is 2.37. The highest BCUT2D eigenvalue weighted by atomic mass is 15.3. The highest BCUT2D eigenvalue weighted by Crippen LogP contribution is 2.31. The fourth-order valence-corrected chi connectivity index (χ4v) is 4.02. The molecule has 2 atom stereocenters. The van der Waals surface area contributed by atoms with Crippen LogP contribution in [0.1, 0.15) is 73.1 Å². The van der Waals surface area contributed by atoms with E-state index in [9.17, 15) is 0 Å². The molecule has 1 N–H and O–H groups in total. The second-order valence-electron chi connectivity index (χ2n) is 8.60. The van der Waals surface area contributed by atoms with E-state index in [0.717, 1.165) is 18.0 Å². The lowest BCUT2D eigenvalue weighted by atomic mass is 9.82. The fraction of sp³-hybridized carbons (Fsp3) is 1.00. The van der Waals surface area contributed by atoms with Crippen molar-refractivity contribution in [1.82, 2.24) is 10.2 Å². The van der Waals surface area contributed by atoms with E-state index < -0.39 is 0 Å². The molecular formula is C18H36N2. The van der Waals surface area contributed by atoms with E-state index in [1.807, 2.05) is 0 Å². The first-order chi connectivity index (χ1) is 9.38. The summed E-state index contributed by atoms with van der Waals surface area (Å²) in [4.78, 5) is 2.89. The Hall–Kier alpha value is -0.0800. The minimum absolute atomic E-state index is 0.371. The quantitative estimate of drug-likeness (QED) is 0.839. The van der Waals surface area contributed by atoms with Crippen LogP contribution in [0.15, 0.2) is 0 Å². The minimum Gasteiger partial charge on any atom is -0.311 e.